The van der Waals surface area contributed by atoms with Gasteiger partial charge in [-0.3, -0.25) is 19.3 Å². The molecule has 1 saturated heterocycles. The van der Waals surface area contributed by atoms with Gasteiger partial charge in [-0.25, -0.2) is 4.39 Å². The van der Waals surface area contributed by atoms with E-state index in [0.717, 1.165) is 35.5 Å². The molecule has 2 aromatic rings. The van der Waals surface area contributed by atoms with E-state index < -0.39 is 29.4 Å². The number of carbonyl (C=O) groups excluding carboxylic acids is 3. The zero-order valence-corrected chi connectivity index (χ0v) is 22.3. The van der Waals surface area contributed by atoms with Gasteiger partial charge in [-0.15, -0.1) is 0 Å². The monoisotopic (exact) mass is 529 g/mol. The van der Waals surface area contributed by atoms with Crippen molar-refractivity contribution in [3.63, 3.8) is 0 Å². The number of hydrogen-bond acceptors (Lipinski definition) is 5. The third-order valence-electron chi connectivity index (χ3n) is 6.52. The lowest BCUT2D eigenvalue weighted by Gasteiger charge is -2.47. The molecule has 3 amide bonds. The first-order chi connectivity index (χ1) is 17.0. The Hall–Kier alpha value is -2.84. The molecular weight excluding hydrogens is 501 g/mol. The van der Waals surface area contributed by atoms with Gasteiger partial charge in [0.05, 0.1) is 4.91 Å². The van der Waals surface area contributed by atoms with Crippen molar-refractivity contribution >= 4 is 57.9 Å². The highest BCUT2D eigenvalue weighted by atomic mass is 35.5. The van der Waals surface area contributed by atoms with Crippen molar-refractivity contribution in [1.29, 1.82) is 0 Å². The fourth-order valence-electron chi connectivity index (χ4n) is 4.97. The Balaban J connectivity index is 1.56. The molecule has 0 aliphatic carbocycles. The van der Waals surface area contributed by atoms with E-state index in [-0.39, 0.29) is 21.9 Å². The third kappa shape index (κ3) is 5.30. The number of halogens is 2. The molecule has 190 valence electrons. The summed E-state index contributed by atoms with van der Waals surface area (Å²) in [4.78, 5) is 41.1. The second-order valence-electron chi connectivity index (χ2n) is 9.83. The van der Waals surface area contributed by atoms with Gasteiger partial charge in [0.15, 0.2) is 0 Å². The van der Waals surface area contributed by atoms with Crippen molar-refractivity contribution in [2.45, 2.75) is 52.0 Å². The number of anilines is 2. The molecule has 6 nitrogen and oxygen atoms in total. The van der Waals surface area contributed by atoms with Crippen LogP contribution >= 0.6 is 23.4 Å². The molecule has 36 heavy (non-hydrogen) atoms. The molecule has 1 fully saturated rings. The first kappa shape index (κ1) is 26.2. The number of nitrogens with zero attached hydrogens (tertiary/aromatic N) is 2. The Labute approximate surface area is 219 Å². The van der Waals surface area contributed by atoms with Crippen LogP contribution in [0.15, 0.2) is 41.3 Å². The van der Waals surface area contributed by atoms with Gasteiger partial charge in [0.25, 0.3) is 11.1 Å². The molecule has 1 unspecified atom stereocenters. The molecule has 1 N–H and O–H groups in total. The summed E-state index contributed by atoms with van der Waals surface area (Å²) < 4.78 is 15.3. The van der Waals surface area contributed by atoms with E-state index >= 15 is 4.39 Å². The van der Waals surface area contributed by atoms with Crippen LogP contribution in [0.25, 0.3) is 6.08 Å². The fourth-order valence-corrected chi connectivity index (χ4v) is 5.99. The molecule has 2 heterocycles. The summed E-state index contributed by atoms with van der Waals surface area (Å²) in [7, 11) is 0. The van der Waals surface area contributed by atoms with E-state index in [2.05, 4.69) is 37.9 Å². The van der Waals surface area contributed by atoms with Crippen molar-refractivity contribution in [2.24, 2.45) is 0 Å². The average Bonchev–Trinajstić information content (AvgIpc) is 3.04. The highest BCUT2D eigenvalue weighted by molar-refractivity contribution is 8.18. The predicted molar refractivity (Wildman–Crippen MR) is 144 cm³/mol. The second kappa shape index (κ2) is 10.3. The zero-order chi connectivity index (χ0) is 26.2. The zero-order valence-electron chi connectivity index (χ0n) is 20.7. The molecule has 0 radical (unpaired) electrons. The summed E-state index contributed by atoms with van der Waals surface area (Å²) in [6.45, 7) is 8.95. The number of rotatable bonds is 6. The molecule has 2 aliphatic rings. The lowest BCUT2D eigenvalue weighted by atomic mass is 9.79. The highest BCUT2D eigenvalue weighted by Crippen LogP contribution is 2.45. The Kier molecular flexibility index (Phi) is 7.48. The lowest BCUT2D eigenvalue weighted by molar-refractivity contribution is -0.127. The first-order valence-corrected chi connectivity index (χ1v) is 13.1. The maximum atomic E-state index is 15.3. The Bertz CT molecular complexity index is 1260. The maximum Gasteiger partial charge on any atom is 0.294 e. The third-order valence-corrected chi connectivity index (χ3v) is 7.66. The number of fused-ring (bicyclic) bond motifs is 1. The number of carbonyl (C=O) groups is 3. The molecule has 0 bridgehead atoms. The molecule has 2 aliphatic heterocycles. The Morgan fingerprint density at radius 1 is 1.28 bits per heavy atom. The van der Waals surface area contributed by atoms with Crippen LogP contribution in [0.5, 0.6) is 0 Å². The van der Waals surface area contributed by atoms with Crippen LogP contribution in [0.3, 0.4) is 0 Å². The molecule has 4 rings (SSSR count). The average molecular weight is 530 g/mol. The SMILES string of the molecule is CCCN1c2cc(F)c(/C=C3/SC(=O)N(CC(=O)Nc4cccc(Cl)c4)C3=O)cc2C(C)CC1(C)C. The van der Waals surface area contributed by atoms with Gasteiger partial charge in [0.2, 0.25) is 5.91 Å². The van der Waals surface area contributed by atoms with E-state index in [1.54, 1.807) is 30.3 Å². The number of amides is 3. The van der Waals surface area contributed by atoms with Gasteiger partial charge in [0, 0.05) is 34.0 Å². The van der Waals surface area contributed by atoms with Crippen LogP contribution in [0, 0.1) is 5.82 Å². The largest absolute Gasteiger partial charge is 0.366 e. The standard InChI is InChI=1S/C27H29ClFN3O3S/c1-5-9-32-22-13-21(29)17(10-20(22)16(2)14-27(32,3)4)11-23-25(34)31(26(35)36-23)15-24(33)30-19-8-6-7-18(28)12-19/h6-8,10-13,16H,5,9,14-15H2,1-4H3,(H,30,33)/b23-11+. The van der Waals surface area contributed by atoms with Crippen LogP contribution in [0.2, 0.25) is 5.02 Å². The lowest BCUT2D eigenvalue weighted by Crippen LogP contribution is -2.48. The quantitative estimate of drug-likeness (QED) is 0.424. The van der Waals surface area contributed by atoms with Gasteiger partial charge < -0.3 is 10.2 Å². The van der Waals surface area contributed by atoms with Crippen molar-refractivity contribution in [3.05, 3.63) is 63.3 Å². The van der Waals surface area contributed by atoms with Crippen molar-refractivity contribution in [3.8, 4) is 0 Å². The predicted octanol–water partition coefficient (Wildman–Crippen LogP) is 6.66. The molecule has 0 saturated carbocycles. The first-order valence-electron chi connectivity index (χ1n) is 11.9. The normalized spacial score (nSPS) is 20.2. The Morgan fingerprint density at radius 3 is 2.72 bits per heavy atom. The number of benzene rings is 2. The molecule has 9 heteroatoms. The molecule has 0 aromatic heterocycles. The fraction of sp³-hybridized carbons (Fsp3) is 0.370. The van der Waals surface area contributed by atoms with Crippen LogP contribution in [-0.2, 0) is 9.59 Å². The van der Waals surface area contributed by atoms with Crippen LogP contribution in [0.4, 0.5) is 20.6 Å². The van der Waals surface area contributed by atoms with Crippen molar-refractivity contribution in [2.75, 3.05) is 23.3 Å². The summed E-state index contributed by atoms with van der Waals surface area (Å²) in [5.41, 5.74) is 2.52. The topological polar surface area (TPSA) is 69.7 Å². The van der Waals surface area contributed by atoms with Crippen LogP contribution in [0.1, 0.15) is 57.6 Å². The second-order valence-corrected chi connectivity index (χ2v) is 11.3. The smallest absolute Gasteiger partial charge is 0.294 e. The van der Waals surface area contributed by atoms with Crippen molar-refractivity contribution in [1.82, 2.24) is 4.90 Å². The molecule has 1 atom stereocenters. The summed E-state index contributed by atoms with van der Waals surface area (Å²) >= 11 is 6.63. The van der Waals surface area contributed by atoms with Gasteiger partial charge in [0.1, 0.15) is 12.4 Å². The number of hydrogen-bond donors (Lipinski definition) is 1. The Morgan fingerprint density at radius 2 is 2.03 bits per heavy atom. The summed E-state index contributed by atoms with van der Waals surface area (Å²) in [5.74, 6) is -1.40. The van der Waals surface area contributed by atoms with E-state index in [4.69, 9.17) is 11.6 Å². The minimum atomic E-state index is -0.620. The molecular formula is C27H29ClFN3O3S. The van der Waals surface area contributed by atoms with Gasteiger partial charge >= 0.3 is 0 Å². The highest BCUT2D eigenvalue weighted by Gasteiger charge is 2.38. The van der Waals surface area contributed by atoms with Gasteiger partial charge in [-0.05, 0) is 86.3 Å². The number of nitrogens with one attached hydrogen (secondary N) is 1. The molecule has 0 spiro atoms. The van der Waals surface area contributed by atoms with Crippen molar-refractivity contribution < 1.29 is 18.8 Å². The van der Waals surface area contributed by atoms with Gasteiger partial charge in [-0.2, -0.15) is 0 Å². The van der Waals surface area contributed by atoms with Gasteiger partial charge in [-0.1, -0.05) is 31.5 Å². The van der Waals surface area contributed by atoms with E-state index in [0.29, 0.717) is 22.5 Å². The summed E-state index contributed by atoms with van der Waals surface area (Å²) in [5, 5.41) is 2.50. The summed E-state index contributed by atoms with van der Waals surface area (Å²) in [6.07, 6.45) is 3.27. The summed E-state index contributed by atoms with van der Waals surface area (Å²) in [6, 6.07) is 9.89. The number of thioether (sulfide) groups is 1. The minimum Gasteiger partial charge on any atom is -0.366 e. The minimum absolute atomic E-state index is 0.0867. The maximum absolute atomic E-state index is 15.3. The molecule has 2 aromatic carbocycles. The van der Waals surface area contributed by atoms with Crippen LogP contribution < -0.4 is 10.2 Å². The van der Waals surface area contributed by atoms with E-state index in [9.17, 15) is 14.4 Å². The van der Waals surface area contributed by atoms with E-state index in [1.165, 1.54) is 12.1 Å². The van der Waals surface area contributed by atoms with E-state index in [1.807, 2.05) is 0 Å². The van der Waals surface area contributed by atoms with Crippen LogP contribution in [-0.4, -0.2) is 40.6 Å². The number of imide groups is 1.